The van der Waals surface area contributed by atoms with Gasteiger partial charge in [-0.2, -0.15) is 5.10 Å². The molecule has 0 fully saturated rings. The fraction of sp³-hybridized carbons (Fsp3) is 0.150. The molecular formula is C20H18N2O4. The Bertz CT molecular complexity index is 963. The van der Waals surface area contributed by atoms with Gasteiger partial charge in [0.2, 0.25) is 0 Å². The summed E-state index contributed by atoms with van der Waals surface area (Å²) in [4.78, 5) is 24.7. The van der Waals surface area contributed by atoms with Crippen molar-refractivity contribution < 1.29 is 14.3 Å². The van der Waals surface area contributed by atoms with Crippen LogP contribution < -0.4 is 10.3 Å². The first kappa shape index (κ1) is 17.4. The van der Waals surface area contributed by atoms with Gasteiger partial charge in [0.05, 0.1) is 26.5 Å². The van der Waals surface area contributed by atoms with Crippen molar-refractivity contribution in [3.05, 3.63) is 82.1 Å². The summed E-state index contributed by atoms with van der Waals surface area (Å²) in [5.74, 6) is 0.0218. The molecule has 3 aromatic rings. The van der Waals surface area contributed by atoms with E-state index < -0.39 is 11.5 Å². The van der Waals surface area contributed by atoms with E-state index in [0.29, 0.717) is 11.4 Å². The lowest BCUT2D eigenvalue weighted by atomic mass is 10.1. The first-order valence-corrected chi connectivity index (χ1v) is 8.01. The summed E-state index contributed by atoms with van der Waals surface area (Å²) >= 11 is 0. The maximum Gasteiger partial charge on any atom is 0.343 e. The molecule has 0 N–H and O–H groups in total. The van der Waals surface area contributed by atoms with Gasteiger partial charge in [0.25, 0.3) is 5.56 Å². The van der Waals surface area contributed by atoms with Crippen LogP contribution in [0.25, 0.3) is 11.3 Å². The average Bonchev–Trinajstić information content (AvgIpc) is 2.70. The van der Waals surface area contributed by atoms with Crippen LogP contribution >= 0.6 is 0 Å². The van der Waals surface area contributed by atoms with Gasteiger partial charge in [-0.1, -0.05) is 30.3 Å². The molecule has 6 heteroatoms. The highest BCUT2D eigenvalue weighted by Crippen LogP contribution is 2.20. The van der Waals surface area contributed by atoms with Crippen molar-refractivity contribution in [3.8, 4) is 17.0 Å². The van der Waals surface area contributed by atoms with Crippen LogP contribution in [-0.4, -0.2) is 30.0 Å². The number of carbonyl (C=O) groups excluding carboxylic acids is 1. The minimum absolute atomic E-state index is 0.0516. The second-order valence-electron chi connectivity index (χ2n) is 5.61. The van der Waals surface area contributed by atoms with Crippen molar-refractivity contribution in [1.82, 2.24) is 9.78 Å². The van der Waals surface area contributed by atoms with E-state index in [2.05, 4.69) is 5.10 Å². The molecule has 0 spiro atoms. The molecule has 26 heavy (non-hydrogen) atoms. The van der Waals surface area contributed by atoms with Crippen molar-refractivity contribution >= 4 is 5.97 Å². The van der Waals surface area contributed by atoms with E-state index in [1.54, 1.807) is 19.2 Å². The third-order valence-electron chi connectivity index (χ3n) is 3.94. The highest BCUT2D eigenvalue weighted by atomic mass is 16.5. The molecule has 6 nitrogen and oxygen atoms in total. The predicted octanol–water partition coefficient (Wildman–Crippen LogP) is 2.75. The second kappa shape index (κ2) is 7.65. The summed E-state index contributed by atoms with van der Waals surface area (Å²) in [6.45, 7) is 0.258. The van der Waals surface area contributed by atoms with Crippen LogP contribution in [0, 0.1) is 0 Å². The molecule has 0 radical (unpaired) electrons. The molecule has 3 rings (SSSR count). The van der Waals surface area contributed by atoms with Gasteiger partial charge >= 0.3 is 5.97 Å². The average molecular weight is 350 g/mol. The van der Waals surface area contributed by atoms with Crippen LogP contribution in [0.5, 0.6) is 5.75 Å². The van der Waals surface area contributed by atoms with Crippen LogP contribution in [0.3, 0.4) is 0 Å². The zero-order valence-electron chi connectivity index (χ0n) is 14.5. The molecule has 1 aromatic heterocycles. The van der Waals surface area contributed by atoms with Crippen molar-refractivity contribution in [2.75, 3.05) is 14.2 Å². The molecule has 2 aromatic carbocycles. The first-order chi connectivity index (χ1) is 12.6. The molecule has 0 atom stereocenters. The normalized spacial score (nSPS) is 10.4. The number of hydrogen-bond donors (Lipinski definition) is 0. The number of hydrogen-bond acceptors (Lipinski definition) is 5. The van der Waals surface area contributed by atoms with E-state index in [9.17, 15) is 9.59 Å². The van der Waals surface area contributed by atoms with Crippen LogP contribution in [0.15, 0.2) is 65.5 Å². The highest BCUT2D eigenvalue weighted by Gasteiger charge is 2.17. The Labute approximate surface area is 150 Å². The number of nitrogens with zero attached hydrogens (tertiary/aromatic N) is 2. The van der Waals surface area contributed by atoms with Gasteiger partial charge in [-0.05, 0) is 35.9 Å². The largest absolute Gasteiger partial charge is 0.497 e. The molecule has 0 aliphatic heterocycles. The van der Waals surface area contributed by atoms with E-state index in [1.165, 1.54) is 17.9 Å². The zero-order chi connectivity index (χ0) is 18.5. The van der Waals surface area contributed by atoms with Crippen molar-refractivity contribution in [1.29, 1.82) is 0 Å². The molecule has 0 saturated heterocycles. The van der Waals surface area contributed by atoms with Gasteiger partial charge in [0.15, 0.2) is 0 Å². The van der Waals surface area contributed by atoms with Crippen molar-refractivity contribution in [2.45, 2.75) is 6.54 Å². The minimum atomic E-state index is -0.686. The number of benzene rings is 2. The van der Waals surface area contributed by atoms with E-state index >= 15 is 0 Å². The molecule has 0 saturated carbocycles. The summed E-state index contributed by atoms with van der Waals surface area (Å²) in [5.41, 5.74) is 1.63. The Hall–Kier alpha value is -3.41. The second-order valence-corrected chi connectivity index (χ2v) is 5.61. The third kappa shape index (κ3) is 3.64. The predicted molar refractivity (Wildman–Crippen MR) is 97.4 cm³/mol. The number of methoxy groups -OCH3 is 2. The van der Waals surface area contributed by atoms with Crippen LogP contribution in [0.2, 0.25) is 0 Å². The summed E-state index contributed by atoms with van der Waals surface area (Å²) in [6.07, 6.45) is 0. The SMILES string of the molecule is COC(=O)c1cc(-c2ccc(OC)cc2)nn(Cc2ccccc2)c1=O. The number of esters is 1. The molecule has 0 aliphatic rings. The maximum atomic E-state index is 12.6. The third-order valence-corrected chi connectivity index (χ3v) is 3.94. The summed E-state index contributed by atoms with van der Waals surface area (Å²) in [5, 5.41) is 4.43. The minimum Gasteiger partial charge on any atom is -0.497 e. The quantitative estimate of drug-likeness (QED) is 0.662. The lowest BCUT2D eigenvalue weighted by Crippen LogP contribution is -2.30. The molecule has 132 valence electrons. The topological polar surface area (TPSA) is 70.4 Å². The van der Waals surface area contributed by atoms with E-state index in [0.717, 1.165) is 11.1 Å². The fourth-order valence-corrected chi connectivity index (χ4v) is 2.56. The standard InChI is InChI=1S/C20H18N2O4/c1-25-16-10-8-15(9-11-16)18-12-17(20(24)26-2)19(23)22(21-18)13-14-6-4-3-5-7-14/h3-12H,13H2,1-2H3. The van der Waals surface area contributed by atoms with Gasteiger partial charge < -0.3 is 9.47 Å². The molecule has 0 aliphatic carbocycles. The fourth-order valence-electron chi connectivity index (χ4n) is 2.56. The van der Waals surface area contributed by atoms with Crippen molar-refractivity contribution in [3.63, 3.8) is 0 Å². The molecule has 0 unspecified atom stereocenters. The van der Waals surface area contributed by atoms with Gasteiger partial charge in [0, 0.05) is 5.56 Å². The van der Waals surface area contributed by atoms with E-state index in [-0.39, 0.29) is 12.1 Å². The Morgan fingerprint density at radius 2 is 1.73 bits per heavy atom. The van der Waals surface area contributed by atoms with Crippen molar-refractivity contribution in [2.24, 2.45) is 0 Å². The van der Waals surface area contributed by atoms with Gasteiger partial charge in [0.1, 0.15) is 11.3 Å². The lowest BCUT2D eigenvalue weighted by Gasteiger charge is -2.10. The number of rotatable bonds is 5. The Kier molecular flexibility index (Phi) is 5.12. The monoisotopic (exact) mass is 350 g/mol. The zero-order valence-corrected chi connectivity index (χ0v) is 14.5. The molecule has 0 bridgehead atoms. The first-order valence-electron chi connectivity index (χ1n) is 8.01. The van der Waals surface area contributed by atoms with E-state index in [1.807, 2.05) is 42.5 Å². The Morgan fingerprint density at radius 3 is 2.35 bits per heavy atom. The highest BCUT2D eigenvalue weighted by molar-refractivity contribution is 5.90. The summed E-state index contributed by atoms with van der Waals surface area (Å²) in [6, 6.07) is 18.1. The summed E-state index contributed by atoms with van der Waals surface area (Å²) < 4.78 is 11.2. The van der Waals surface area contributed by atoms with Gasteiger partial charge in [-0.3, -0.25) is 4.79 Å². The number of aromatic nitrogens is 2. The molecule has 0 amide bonds. The van der Waals surface area contributed by atoms with Crippen LogP contribution in [-0.2, 0) is 11.3 Å². The summed E-state index contributed by atoms with van der Waals surface area (Å²) in [7, 11) is 2.83. The lowest BCUT2D eigenvalue weighted by molar-refractivity contribution is 0.0597. The number of carbonyl (C=O) groups is 1. The number of ether oxygens (including phenoxy) is 2. The van der Waals surface area contributed by atoms with Gasteiger partial charge in [-0.25, -0.2) is 9.48 Å². The molecular weight excluding hydrogens is 332 g/mol. The molecule has 1 heterocycles. The Balaban J connectivity index is 2.10. The van der Waals surface area contributed by atoms with Crippen LogP contribution in [0.4, 0.5) is 0 Å². The maximum absolute atomic E-state index is 12.6. The smallest absolute Gasteiger partial charge is 0.343 e. The van der Waals surface area contributed by atoms with E-state index in [4.69, 9.17) is 9.47 Å². The Morgan fingerprint density at radius 1 is 1.04 bits per heavy atom. The van der Waals surface area contributed by atoms with Gasteiger partial charge in [-0.15, -0.1) is 0 Å². The van der Waals surface area contributed by atoms with Crippen LogP contribution in [0.1, 0.15) is 15.9 Å².